The Balaban J connectivity index is 2.21. The summed E-state index contributed by atoms with van der Waals surface area (Å²) in [6, 6.07) is 17.0. The van der Waals surface area contributed by atoms with Gasteiger partial charge in [-0.25, -0.2) is 0 Å². The van der Waals surface area contributed by atoms with Crippen molar-refractivity contribution in [2.75, 3.05) is 6.61 Å². The molecule has 0 aliphatic heterocycles. The van der Waals surface area contributed by atoms with Crippen molar-refractivity contribution in [3.8, 4) is 0 Å². The van der Waals surface area contributed by atoms with Gasteiger partial charge in [0.25, 0.3) is 0 Å². The zero-order chi connectivity index (χ0) is 14.4. The van der Waals surface area contributed by atoms with Gasteiger partial charge in [-0.1, -0.05) is 60.7 Å². The molecule has 0 saturated carbocycles. The second-order valence-electron chi connectivity index (χ2n) is 4.49. The second-order valence-corrected chi connectivity index (χ2v) is 4.49. The number of aliphatic carboxylic acids is 1. The molecule has 0 fully saturated rings. The normalized spacial score (nSPS) is 13.7. The standard InChI is InChI=1S/C16H17NO3/c18-11-14(12-7-3-1-4-8-12)17-15(16(19)20)13-9-5-2-6-10-13/h1-10,14-15,17-18H,11H2,(H,19,20)/t14-,15-/m1/s1. The fraction of sp³-hybridized carbons (Fsp3) is 0.188. The van der Waals surface area contributed by atoms with E-state index in [0.717, 1.165) is 5.56 Å². The van der Waals surface area contributed by atoms with Gasteiger partial charge in [-0.15, -0.1) is 0 Å². The highest BCUT2D eigenvalue weighted by molar-refractivity contribution is 5.75. The number of hydrogen-bond donors (Lipinski definition) is 3. The molecule has 20 heavy (non-hydrogen) atoms. The minimum atomic E-state index is -0.967. The van der Waals surface area contributed by atoms with Crippen LogP contribution >= 0.6 is 0 Å². The Morgan fingerprint density at radius 2 is 1.45 bits per heavy atom. The molecule has 0 aromatic heterocycles. The third-order valence-electron chi connectivity index (χ3n) is 3.13. The van der Waals surface area contributed by atoms with Gasteiger partial charge >= 0.3 is 5.97 Å². The van der Waals surface area contributed by atoms with Crippen LogP contribution in [-0.2, 0) is 4.79 Å². The maximum Gasteiger partial charge on any atom is 0.325 e. The third-order valence-corrected chi connectivity index (χ3v) is 3.13. The van der Waals surface area contributed by atoms with Gasteiger partial charge in [0.15, 0.2) is 0 Å². The highest BCUT2D eigenvalue weighted by Gasteiger charge is 2.23. The van der Waals surface area contributed by atoms with Crippen LogP contribution < -0.4 is 5.32 Å². The second kappa shape index (κ2) is 6.84. The molecule has 0 saturated heterocycles. The molecule has 0 heterocycles. The lowest BCUT2D eigenvalue weighted by Gasteiger charge is -2.22. The van der Waals surface area contributed by atoms with Crippen LogP contribution in [0.25, 0.3) is 0 Å². The summed E-state index contributed by atoms with van der Waals surface area (Å²) < 4.78 is 0. The summed E-state index contributed by atoms with van der Waals surface area (Å²) in [5, 5.41) is 21.9. The molecule has 2 atom stereocenters. The third kappa shape index (κ3) is 3.44. The predicted molar refractivity (Wildman–Crippen MR) is 76.2 cm³/mol. The van der Waals surface area contributed by atoms with Gasteiger partial charge < -0.3 is 10.2 Å². The van der Waals surface area contributed by atoms with E-state index in [-0.39, 0.29) is 6.61 Å². The maximum atomic E-state index is 11.4. The number of aliphatic hydroxyl groups is 1. The summed E-state index contributed by atoms with van der Waals surface area (Å²) in [4.78, 5) is 11.4. The molecule has 4 nitrogen and oxygen atoms in total. The zero-order valence-electron chi connectivity index (χ0n) is 10.9. The molecule has 0 radical (unpaired) electrons. The number of benzene rings is 2. The quantitative estimate of drug-likeness (QED) is 0.753. The fourth-order valence-corrected chi connectivity index (χ4v) is 2.10. The van der Waals surface area contributed by atoms with Gasteiger partial charge in [-0.2, -0.15) is 0 Å². The molecule has 2 rings (SSSR count). The molecule has 104 valence electrons. The molecule has 3 N–H and O–H groups in total. The molecule has 0 bridgehead atoms. The maximum absolute atomic E-state index is 11.4. The van der Waals surface area contributed by atoms with Gasteiger partial charge in [0.05, 0.1) is 12.6 Å². The van der Waals surface area contributed by atoms with Gasteiger partial charge in [0, 0.05) is 0 Å². The topological polar surface area (TPSA) is 69.6 Å². The molecular formula is C16H17NO3. The van der Waals surface area contributed by atoms with E-state index in [1.807, 2.05) is 36.4 Å². The molecule has 0 spiro atoms. The van der Waals surface area contributed by atoms with Crippen LogP contribution in [0, 0.1) is 0 Å². The molecule has 0 amide bonds. The van der Waals surface area contributed by atoms with E-state index >= 15 is 0 Å². The minimum absolute atomic E-state index is 0.166. The van der Waals surface area contributed by atoms with Crippen LogP contribution in [0.1, 0.15) is 23.2 Å². The first-order chi connectivity index (χ1) is 9.72. The number of rotatable bonds is 6. The largest absolute Gasteiger partial charge is 0.480 e. The Labute approximate surface area is 117 Å². The number of aliphatic hydroxyl groups excluding tert-OH is 1. The van der Waals surface area contributed by atoms with Crippen molar-refractivity contribution in [3.63, 3.8) is 0 Å². The lowest BCUT2D eigenvalue weighted by atomic mass is 10.0. The van der Waals surface area contributed by atoms with Crippen molar-refractivity contribution in [2.24, 2.45) is 0 Å². The van der Waals surface area contributed by atoms with Crippen molar-refractivity contribution in [2.45, 2.75) is 12.1 Å². The lowest BCUT2D eigenvalue weighted by molar-refractivity contribution is -0.140. The van der Waals surface area contributed by atoms with E-state index < -0.39 is 18.1 Å². The lowest BCUT2D eigenvalue weighted by Crippen LogP contribution is -2.33. The first kappa shape index (κ1) is 14.2. The number of nitrogens with one attached hydrogen (secondary N) is 1. The average molecular weight is 271 g/mol. The SMILES string of the molecule is O=C(O)[C@H](N[C@H](CO)c1ccccc1)c1ccccc1. The Morgan fingerprint density at radius 1 is 0.950 bits per heavy atom. The molecule has 0 aliphatic rings. The van der Waals surface area contributed by atoms with E-state index in [1.54, 1.807) is 24.3 Å². The van der Waals surface area contributed by atoms with Crippen molar-refractivity contribution in [1.82, 2.24) is 5.32 Å². The van der Waals surface area contributed by atoms with Gasteiger partial charge in [0.1, 0.15) is 6.04 Å². The van der Waals surface area contributed by atoms with E-state index in [4.69, 9.17) is 0 Å². The van der Waals surface area contributed by atoms with Crippen molar-refractivity contribution >= 4 is 5.97 Å². The predicted octanol–water partition coefficient (Wildman–Crippen LogP) is 2.14. The minimum Gasteiger partial charge on any atom is -0.480 e. The number of carboxylic acid groups (broad SMARTS) is 1. The molecule has 2 aromatic rings. The van der Waals surface area contributed by atoms with Crippen LogP contribution in [0.5, 0.6) is 0 Å². The molecule has 0 aliphatic carbocycles. The zero-order valence-corrected chi connectivity index (χ0v) is 10.9. The highest BCUT2D eigenvalue weighted by atomic mass is 16.4. The van der Waals surface area contributed by atoms with E-state index in [9.17, 15) is 15.0 Å². The molecule has 0 unspecified atom stereocenters. The van der Waals surface area contributed by atoms with Crippen LogP contribution in [0.3, 0.4) is 0 Å². The van der Waals surface area contributed by atoms with Crippen molar-refractivity contribution in [1.29, 1.82) is 0 Å². The van der Waals surface area contributed by atoms with Crippen molar-refractivity contribution < 1.29 is 15.0 Å². The summed E-state index contributed by atoms with van der Waals surface area (Å²) in [6.45, 7) is -0.166. The van der Waals surface area contributed by atoms with E-state index in [0.29, 0.717) is 5.56 Å². The Bertz CT molecular complexity index is 542. The summed E-state index contributed by atoms with van der Waals surface area (Å²) in [6.07, 6.45) is 0. The molecular weight excluding hydrogens is 254 g/mol. The van der Waals surface area contributed by atoms with Crippen LogP contribution in [0.4, 0.5) is 0 Å². The Kier molecular flexibility index (Phi) is 4.87. The van der Waals surface area contributed by atoms with Crippen LogP contribution in [-0.4, -0.2) is 22.8 Å². The number of carboxylic acids is 1. The average Bonchev–Trinajstić information content (AvgIpc) is 2.50. The first-order valence-corrected chi connectivity index (χ1v) is 6.42. The fourth-order valence-electron chi connectivity index (χ4n) is 2.10. The Morgan fingerprint density at radius 3 is 1.90 bits per heavy atom. The Hall–Kier alpha value is -2.17. The summed E-state index contributed by atoms with van der Waals surface area (Å²) in [7, 11) is 0. The first-order valence-electron chi connectivity index (χ1n) is 6.42. The van der Waals surface area contributed by atoms with Gasteiger partial charge in [0.2, 0.25) is 0 Å². The number of carbonyl (C=O) groups is 1. The van der Waals surface area contributed by atoms with Gasteiger partial charge in [-0.3, -0.25) is 10.1 Å². The number of hydrogen-bond acceptors (Lipinski definition) is 3. The summed E-state index contributed by atoms with van der Waals surface area (Å²) in [5.74, 6) is -0.967. The summed E-state index contributed by atoms with van der Waals surface area (Å²) >= 11 is 0. The highest BCUT2D eigenvalue weighted by Crippen LogP contribution is 2.19. The summed E-state index contributed by atoms with van der Waals surface area (Å²) in [5.41, 5.74) is 1.52. The molecule has 4 heteroatoms. The van der Waals surface area contributed by atoms with Gasteiger partial charge in [-0.05, 0) is 11.1 Å². The van der Waals surface area contributed by atoms with Crippen LogP contribution in [0.2, 0.25) is 0 Å². The molecule has 2 aromatic carbocycles. The van der Waals surface area contributed by atoms with Crippen molar-refractivity contribution in [3.05, 3.63) is 71.8 Å². The van der Waals surface area contributed by atoms with E-state index in [2.05, 4.69) is 5.32 Å². The van der Waals surface area contributed by atoms with Crippen LogP contribution in [0.15, 0.2) is 60.7 Å². The van der Waals surface area contributed by atoms with E-state index in [1.165, 1.54) is 0 Å². The monoisotopic (exact) mass is 271 g/mol. The smallest absolute Gasteiger partial charge is 0.325 e.